The van der Waals surface area contributed by atoms with E-state index in [-0.39, 0.29) is 11.3 Å². The molecule has 0 aliphatic heterocycles. The largest absolute Gasteiger partial charge is 0.408 e. The van der Waals surface area contributed by atoms with Crippen molar-refractivity contribution in [2.24, 2.45) is 0 Å². The molecule has 0 saturated carbocycles. The van der Waals surface area contributed by atoms with Crippen molar-refractivity contribution in [1.29, 1.82) is 0 Å². The molecule has 19 heavy (non-hydrogen) atoms. The summed E-state index contributed by atoms with van der Waals surface area (Å²) >= 11 is 0. The molecule has 0 spiro atoms. The minimum absolute atomic E-state index is 0.255. The number of hydrogen-bond acceptors (Lipinski definition) is 3. The lowest BCUT2D eigenvalue weighted by atomic mass is 10.1. The molecule has 0 amide bonds. The van der Waals surface area contributed by atoms with Crippen molar-refractivity contribution >= 4 is 5.78 Å². The van der Waals surface area contributed by atoms with E-state index in [4.69, 9.17) is 0 Å². The molecule has 0 aromatic carbocycles. The maximum Gasteiger partial charge on any atom is 0.408 e. The van der Waals surface area contributed by atoms with Crippen LogP contribution in [0.15, 0.2) is 30.7 Å². The number of pyridine rings is 1. The number of aromatic nitrogens is 3. The summed E-state index contributed by atoms with van der Waals surface area (Å²) in [5, 5.41) is 3.47. The van der Waals surface area contributed by atoms with Crippen LogP contribution in [0, 0.1) is 5.82 Å². The zero-order valence-electron chi connectivity index (χ0n) is 9.36. The van der Waals surface area contributed by atoms with Crippen LogP contribution >= 0.6 is 0 Å². The van der Waals surface area contributed by atoms with Gasteiger partial charge in [-0.25, -0.2) is 4.39 Å². The van der Waals surface area contributed by atoms with Crippen LogP contribution < -0.4 is 0 Å². The first-order chi connectivity index (χ1) is 8.87. The Morgan fingerprint density at radius 2 is 2.05 bits per heavy atom. The molecule has 2 heterocycles. The standard InChI is InChI=1S/C11H7F4N3O/c12-8-5-16-3-1-7(8)10(19)9-2-4-18(17-9)6-11(13,14)15/h1-5H,6H2. The molecule has 0 unspecified atom stereocenters. The number of halogens is 4. The lowest BCUT2D eigenvalue weighted by Crippen LogP contribution is -2.18. The number of nitrogens with zero attached hydrogens (tertiary/aromatic N) is 3. The van der Waals surface area contributed by atoms with Gasteiger partial charge in [0, 0.05) is 12.4 Å². The number of rotatable bonds is 3. The molecule has 0 fully saturated rings. The summed E-state index contributed by atoms with van der Waals surface area (Å²) < 4.78 is 50.3. The van der Waals surface area contributed by atoms with Gasteiger partial charge in [-0.1, -0.05) is 0 Å². The summed E-state index contributed by atoms with van der Waals surface area (Å²) in [5.41, 5.74) is -0.540. The van der Waals surface area contributed by atoms with Crippen LogP contribution in [0.1, 0.15) is 16.1 Å². The third-order valence-corrected chi connectivity index (χ3v) is 2.23. The summed E-state index contributed by atoms with van der Waals surface area (Å²) in [6, 6.07) is 2.24. The summed E-state index contributed by atoms with van der Waals surface area (Å²) in [6.07, 6.45) is -1.36. The van der Waals surface area contributed by atoms with E-state index in [0.29, 0.717) is 4.68 Å². The summed E-state index contributed by atoms with van der Waals surface area (Å²) in [6.45, 7) is -1.31. The molecule has 0 saturated heterocycles. The third-order valence-electron chi connectivity index (χ3n) is 2.23. The molecular formula is C11H7F4N3O. The summed E-state index contributed by atoms with van der Waals surface area (Å²) in [5.74, 6) is -1.64. The first kappa shape index (κ1) is 13.2. The van der Waals surface area contributed by atoms with Gasteiger partial charge in [0.2, 0.25) is 5.78 Å². The highest BCUT2D eigenvalue weighted by molar-refractivity contribution is 6.07. The Labute approximate surface area is 104 Å². The van der Waals surface area contributed by atoms with Gasteiger partial charge in [0.1, 0.15) is 12.2 Å². The van der Waals surface area contributed by atoms with Crippen molar-refractivity contribution < 1.29 is 22.4 Å². The molecule has 0 N–H and O–H groups in total. The van der Waals surface area contributed by atoms with Crippen LogP contribution in [-0.4, -0.2) is 26.7 Å². The normalized spacial score (nSPS) is 11.6. The van der Waals surface area contributed by atoms with Crippen molar-refractivity contribution in [2.75, 3.05) is 0 Å². The molecule has 8 heteroatoms. The van der Waals surface area contributed by atoms with Crippen molar-refractivity contribution in [3.05, 3.63) is 47.8 Å². The molecule has 2 aromatic rings. The second-order valence-electron chi connectivity index (χ2n) is 3.70. The van der Waals surface area contributed by atoms with Crippen LogP contribution in [-0.2, 0) is 6.54 Å². The van der Waals surface area contributed by atoms with Crippen molar-refractivity contribution in [3.8, 4) is 0 Å². The van der Waals surface area contributed by atoms with Crippen molar-refractivity contribution in [1.82, 2.24) is 14.8 Å². The van der Waals surface area contributed by atoms with Gasteiger partial charge in [0.15, 0.2) is 5.82 Å². The van der Waals surface area contributed by atoms with Crippen LogP contribution in [0.5, 0.6) is 0 Å². The minimum Gasteiger partial charge on any atom is -0.287 e. The third kappa shape index (κ3) is 3.15. The highest BCUT2D eigenvalue weighted by Crippen LogP contribution is 2.17. The van der Waals surface area contributed by atoms with Gasteiger partial charge in [0.05, 0.1) is 11.8 Å². The molecule has 0 bridgehead atoms. The predicted molar refractivity (Wildman–Crippen MR) is 55.9 cm³/mol. The zero-order chi connectivity index (χ0) is 14.0. The van der Waals surface area contributed by atoms with Crippen LogP contribution in [0.25, 0.3) is 0 Å². The fraction of sp³-hybridized carbons (Fsp3) is 0.182. The van der Waals surface area contributed by atoms with E-state index in [1.165, 1.54) is 6.20 Å². The lowest BCUT2D eigenvalue weighted by Gasteiger charge is -2.05. The topological polar surface area (TPSA) is 47.8 Å². The van der Waals surface area contributed by atoms with Gasteiger partial charge < -0.3 is 0 Å². The maximum absolute atomic E-state index is 13.3. The molecule has 0 radical (unpaired) electrons. The number of carbonyl (C=O) groups is 1. The number of ketones is 1. The number of hydrogen-bond donors (Lipinski definition) is 0. The van der Waals surface area contributed by atoms with Gasteiger partial charge in [-0.2, -0.15) is 18.3 Å². The lowest BCUT2D eigenvalue weighted by molar-refractivity contribution is -0.142. The summed E-state index contributed by atoms with van der Waals surface area (Å²) in [4.78, 5) is 15.3. The first-order valence-corrected chi connectivity index (χ1v) is 5.11. The Kier molecular flexibility index (Phi) is 3.32. The smallest absolute Gasteiger partial charge is 0.287 e. The molecular weight excluding hydrogens is 266 g/mol. The predicted octanol–water partition coefficient (Wildman–Crippen LogP) is 2.21. The van der Waals surface area contributed by atoms with Crippen molar-refractivity contribution in [3.63, 3.8) is 0 Å². The quantitative estimate of drug-likeness (QED) is 0.636. The van der Waals surface area contributed by atoms with E-state index >= 15 is 0 Å². The summed E-state index contributed by atoms with van der Waals surface area (Å²) in [7, 11) is 0. The fourth-order valence-electron chi connectivity index (χ4n) is 1.45. The molecule has 0 atom stereocenters. The molecule has 4 nitrogen and oxygen atoms in total. The highest BCUT2D eigenvalue weighted by Gasteiger charge is 2.29. The second kappa shape index (κ2) is 4.79. The van der Waals surface area contributed by atoms with E-state index < -0.39 is 24.3 Å². The Balaban J connectivity index is 2.24. The number of alkyl halides is 3. The second-order valence-corrected chi connectivity index (χ2v) is 3.70. The van der Waals surface area contributed by atoms with E-state index in [1.807, 2.05) is 0 Å². The molecule has 100 valence electrons. The average molecular weight is 273 g/mol. The SMILES string of the molecule is O=C(c1ccn(CC(F)(F)F)n1)c1ccncc1F. The van der Waals surface area contributed by atoms with Gasteiger partial charge >= 0.3 is 6.18 Å². The minimum atomic E-state index is -4.44. The Morgan fingerprint density at radius 3 is 2.68 bits per heavy atom. The highest BCUT2D eigenvalue weighted by atomic mass is 19.4. The van der Waals surface area contributed by atoms with Crippen LogP contribution in [0.2, 0.25) is 0 Å². The maximum atomic E-state index is 13.3. The Bertz CT molecular complexity index is 606. The van der Waals surface area contributed by atoms with Crippen LogP contribution in [0.4, 0.5) is 17.6 Å². The van der Waals surface area contributed by atoms with Gasteiger partial charge in [-0.05, 0) is 12.1 Å². The molecule has 2 rings (SSSR count). The fourth-order valence-corrected chi connectivity index (χ4v) is 1.45. The van der Waals surface area contributed by atoms with Gasteiger partial charge in [0.25, 0.3) is 0 Å². The molecule has 0 aliphatic carbocycles. The monoisotopic (exact) mass is 273 g/mol. The van der Waals surface area contributed by atoms with Crippen LogP contribution in [0.3, 0.4) is 0 Å². The van der Waals surface area contributed by atoms with Gasteiger partial charge in [-0.3, -0.25) is 14.5 Å². The first-order valence-electron chi connectivity index (χ1n) is 5.11. The van der Waals surface area contributed by atoms with E-state index in [9.17, 15) is 22.4 Å². The zero-order valence-corrected chi connectivity index (χ0v) is 9.36. The molecule has 2 aromatic heterocycles. The Morgan fingerprint density at radius 1 is 1.32 bits per heavy atom. The molecule has 0 aliphatic rings. The number of carbonyl (C=O) groups excluding carboxylic acids is 1. The van der Waals surface area contributed by atoms with Gasteiger partial charge in [-0.15, -0.1) is 0 Å². The van der Waals surface area contributed by atoms with E-state index in [0.717, 1.165) is 24.5 Å². The van der Waals surface area contributed by atoms with E-state index in [2.05, 4.69) is 10.1 Å². The average Bonchev–Trinajstić information content (AvgIpc) is 2.75. The Hall–Kier alpha value is -2.25. The van der Waals surface area contributed by atoms with E-state index in [1.54, 1.807) is 0 Å². The van der Waals surface area contributed by atoms with Crippen molar-refractivity contribution in [2.45, 2.75) is 12.7 Å².